The zero-order valence-corrected chi connectivity index (χ0v) is 14.4. The van der Waals surface area contributed by atoms with Crippen LogP contribution in [0.5, 0.6) is 0 Å². The molecule has 0 saturated heterocycles. The molecule has 1 aromatic carbocycles. The highest BCUT2D eigenvalue weighted by Crippen LogP contribution is 2.17. The molecule has 1 atom stereocenters. The van der Waals surface area contributed by atoms with E-state index in [1.165, 1.54) is 5.56 Å². The smallest absolute Gasteiger partial charge is 0.190 e. The molecular formula is C18H28O2Si. The summed E-state index contributed by atoms with van der Waals surface area (Å²) >= 11 is 0. The van der Waals surface area contributed by atoms with E-state index in [9.17, 15) is 0 Å². The van der Waals surface area contributed by atoms with Gasteiger partial charge in [0.15, 0.2) is 8.32 Å². The quantitative estimate of drug-likeness (QED) is 0.425. The lowest BCUT2D eigenvalue weighted by atomic mass is 10.2. The Morgan fingerprint density at radius 3 is 2.48 bits per heavy atom. The normalized spacial score (nSPS) is 12.9. The van der Waals surface area contributed by atoms with Crippen LogP contribution in [0.25, 0.3) is 0 Å². The summed E-state index contributed by atoms with van der Waals surface area (Å²) in [4.78, 5) is 0. The van der Waals surface area contributed by atoms with Gasteiger partial charge in [0.2, 0.25) is 0 Å². The highest BCUT2D eigenvalue weighted by molar-refractivity contribution is 6.71. The van der Waals surface area contributed by atoms with Gasteiger partial charge in [-0.1, -0.05) is 42.5 Å². The summed E-state index contributed by atoms with van der Waals surface area (Å²) in [6.07, 6.45) is 5.97. The molecule has 0 aliphatic heterocycles. The van der Waals surface area contributed by atoms with Crippen molar-refractivity contribution in [2.24, 2.45) is 0 Å². The SMILES string of the molecule is C=CCCC(COCc1ccccc1)O[Si](C)(C)CC=C. The second kappa shape index (κ2) is 9.72. The van der Waals surface area contributed by atoms with Gasteiger partial charge in [-0.25, -0.2) is 0 Å². The Hall–Kier alpha value is -1.16. The van der Waals surface area contributed by atoms with E-state index >= 15 is 0 Å². The first-order valence-corrected chi connectivity index (χ1v) is 10.7. The third-order valence-corrected chi connectivity index (χ3v) is 5.47. The third-order valence-electron chi connectivity index (χ3n) is 3.23. The van der Waals surface area contributed by atoms with E-state index in [1.54, 1.807) is 0 Å². The second-order valence-corrected chi connectivity index (χ2v) is 10.0. The lowest BCUT2D eigenvalue weighted by Crippen LogP contribution is -2.37. The van der Waals surface area contributed by atoms with E-state index in [0.717, 1.165) is 18.9 Å². The second-order valence-electron chi connectivity index (χ2n) is 5.86. The predicted molar refractivity (Wildman–Crippen MR) is 92.9 cm³/mol. The van der Waals surface area contributed by atoms with E-state index < -0.39 is 8.32 Å². The zero-order chi connectivity index (χ0) is 15.6. The molecule has 1 rings (SSSR count). The number of benzene rings is 1. The summed E-state index contributed by atoms with van der Waals surface area (Å²) in [6, 6.07) is 11.2. The van der Waals surface area contributed by atoms with E-state index in [0.29, 0.717) is 13.2 Å². The van der Waals surface area contributed by atoms with Crippen molar-refractivity contribution in [2.75, 3.05) is 6.61 Å². The molecule has 3 heteroatoms. The van der Waals surface area contributed by atoms with Crippen LogP contribution in [0.3, 0.4) is 0 Å². The van der Waals surface area contributed by atoms with Crippen molar-refractivity contribution in [1.29, 1.82) is 0 Å². The first-order valence-electron chi connectivity index (χ1n) is 7.58. The fraction of sp³-hybridized carbons (Fsp3) is 0.444. The summed E-state index contributed by atoms with van der Waals surface area (Å²) < 4.78 is 12.2. The van der Waals surface area contributed by atoms with Gasteiger partial charge in [-0.05, 0) is 37.5 Å². The molecule has 0 amide bonds. The Morgan fingerprint density at radius 1 is 1.14 bits per heavy atom. The molecular weight excluding hydrogens is 276 g/mol. The summed E-state index contributed by atoms with van der Waals surface area (Å²) in [7, 11) is -1.68. The van der Waals surface area contributed by atoms with E-state index in [-0.39, 0.29) is 6.10 Å². The summed E-state index contributed by atoms with van der Waals surface area (Å²) in [5.74, 6) is 0. The number of hydrogen-bond donors (Lipinski definition) is 0. The lowest BCUT2D eigenvalue weighted by molar-refractivity contribution is 0.0337. The highest BCUT2D eigenvalue weighted by Gasteiger charge is 2.25. The number of ether oxygens (including phenoxy) is 1. The average Bonchev–Trinajstić information content (AvgIpc) is 2.45. The first-order chi connectivity index (χ1) is 10.1. The van der Waals surface area contributed by atoms with Gasteiger partial charge in [-0.3, -0.25) is 0 Å². The Balaban J connectivity index is 2.45. The highest BCUT2D eigenvalue weighted by atomic mass is 28.4. The minimum Gasteiger partial charge on any atom is -0.412 e. The van der Waals surface area contributed by atoms with Gasteiger partial charge in [0.05, 0.1) is 19.3 Å². The molecule has 0 aliphatic carbocycles. The van der Waals surface area contributed by atoms with Crippen LogP contribution >= 0.6 is 0 Å². The number of hydrogen-bond acceptors (Lipinski definition) is 2. The Labute approximate surface area is 130 Å². The van der Waals surface area contributed by atoms with E-state index in [1.807, 2.05) is 30.4 Å². The molecule has 116 valence electrons. The third kappa shape index (κ3) is 8.00. The Bertz CT molecular complexity index is 414. The van der Waals surface area contributed by atoms with Crippen LogP contribution < -0.4 is 0 Å². The van der Waals surface area contributed by atoms with Crippen molar-refractivity contribution in [2.45, 2.75) is 44.7 Å². The van der Waals surface area contributed by atoms with Crippen LogP contribution in [0.1, 0.15) is 18.4 Å². The van der Waals surface area contributed by atoms with E-state index in [4.69, 9.17) is 9.16 Å². The maximum Gasteiger partial charge on any atom is 0.190 e. The van der Waals surface area contributed by atoms with Gasteiger partial charge in [-0.15, -0.1) is 13.2 Å². The number of allylic oxidation sites excluding steroid dienone is 2. The van der Waals surface area contributed by atoms with Gasteiger partial charge >= 0.3 is 0 Å². The minimum atomic E-state index is -1.68. The molecule has 21 heavy (non-hydrogen) atoms. The van der Waals surface area contributed by atoms with Crippen LogP contribution in [0.15, 0.2) is 55.6 Å². The van der Waals surface area contributed by atoms with Crippen LogP contribution in [-0.4, -0.2) is 21.0 Å². The van der Waals surface area contributed by atoms with Gasteiger partial charge < -0.3 is 9.16 Å². The van der Waals surface area contributed by atoms with E-state index in [2.05, 4.69) is 38.4 Å². The largest absolute Gasteiger partial charge is 0.412 e. The van der Waals surface area contributed by atoms with Crippen molar-refractivity contribution in [3.63, 3.8) is 0 Å². The minimum absolute atomic E-state index is 0.147. The fourth-order valence-corrected chi connectivity index (χ4v) is 4.09. The topological polar surface area (TPSA) is 18.5 Å². The van der Waals surface area contributed by atoms with Crippen molar-refractivity contribution in [3.8, 4) is 0 Å². The molecule has 0 aliphatic rings. The molecule has 0 aromatic heterocycles. The molecule has 0 N–H and O–H groups in total. The molecule has 0 spiro atoms. The van der Waals surface area contributed by atoms with Gasteiger partial charge in [0.25, 0.3) is 0 Å². The standard InChI is InChI=1S/C18H28O2Si/c1-5-7-13-18(20-21(3,4)14-6-2)16-19-15-17-11-9-8-10-12-17/h5-6,8-12,18H,1-2,7,13-16H2,3-4H3. The Morgan fingerprint density at radius 2 is 1.86 bits per heavy atom. The van der Waals surface area contributed by atoms with Crippen LogP contribution in [0.4, 0.5) is 0 Å². The van der Waals surface area contributed by atoms with Crippen LogP contribution in [0.2, 0.25) is 19.1 Å². The molecule has 0 saturated carbocycles. The molecule has 0 radical (unpaired) electrons. The first kappa shape index (κ1) is 17.9. The maximum atomic E-state index is 6.31. The molecule has 1 aromatic rings. The number of rotatable bonds is 11. The van der Waals surface area contributed by atoms with Gasteiger partial charge in [0.1, 0.15) is 0 Å². The van der Waals surface area contributed by atoms with Crippen LogP contribution in [-0.2, 0) is 15.8 Å². The lowest BCUT2D eigenvalue weighted by Gasteiger charge is -2.28. The maximum absolute atomic E-state index is 6.31. The summed E-state index contributed by atoms with van der Waals surface area (Å²) in [5, 5.41) is 0. The van der Waals surface area contributed by atoms with Crippen molar-refractivity contribution in [3.05, 3.63) is 61.2 Å². The monoisotopic (exact) mass is 304 g/mol. The van der Waals surface area contributed by atoms with Crippen molar-refractivity contribution in [1.82, 2.24) is 0 Å². The molecule has 1 unspecified atom stereocenters. The summed E-state index contributed by atoms with van der Waals surface area (Å²) in [6.45, 7) is 13.3. The Kier molecular flexibility index (Phi) is 8.28. The molecule has 0 fully saturated rings. The van der Waals surface area contributed by atoms with Gasteiger partial charge in [-0.2, -0.15) is 0 Å². The predicted octanol–water partition coefficient (Wildman–Crippen LogP) is 4.95. The zero-order valence-electron chi connectivity index (χ0n) is 13.4. The molecule has 2 nitrogen and oxygen atoms in total. The van der Waals surface area contributed by atoms with Gasteiger partial charge in [0, 0.05) is 0 Å². The van der Waals surface area contributed by atoms with Crippen molar-refractivity contribution >= 4 is 8.32 Å². The summed E-state index contributed by atoms with van der Waals surface area (Å²) in [5.41, 5.74) is 1.20. The average molecular weight is 305 g/mol. The van der Waals surface area contributed by atoms with Crippen molar-refractivity contribution < 1.29 is 9.16 Å². The van der Waals surface area contributed by atoms with Crippen LogP contribution in [0, 0.1) is 0 Å². The molecule has 0 heterocycles. The fourth-order valence-electron chi connectivity index (χ4n) is 2.21. The molecule has 0 bridgehead atoms.